The molecule has 5 rings (SSSR count). The number of aromatic nitrogens is 4. The number of benzene rings is 1. The molecule has 4 aromatic rings. The molecule has 0 aliphatic heterocycles. The van der Waals surface area contributed by atoms with E-state index < -0.39 is 0 Å². The lowest BCUT2D eigenvalue weighted by atomic mass is 9.83. The lowest BCUT2D eigenvalue weighted by Gasteiger charge is -2.26. The average molecular weight is 389 g/mol. The standard InChI is InChI=1S/C21H19N5OS/c27-20(21(11-1-2-12-21)18-4-3-13-28-18)23-16-7-5-15(6-8-16)17-9-10-19-24-22-14-26(19)25-17/h3-10,13-14H,1-2,11-12H2,(H,23,27). The SMILES string of the molecule is O=C(Nc1ccc(-c2ccc3nncn3n2)cc1)C1(c2cccs2)CCCC1. The van der Waals surface area contributed by atoms with Crippen LogP contribution >= 0.6 is 11.3 Å². The number of fused-ring (bicyclic) bond motifs is 1. The van der Waals surface area contributed by atoms with E-state index in [9.17, 15) is 4.79 Å². The lowest BCUT2D eigenvalue weighted by molar-refractivity contribution is -0.121. The lowest BCUT2D eigenvalue weighted by Crippen LogP contribution is -2.37. The summed E-state index contributed by atoms with van der Waals surface area (Å²) in [7, 11) is 0. The van der Waals surface area contributed by atoms with E-state index in [-0.39, 0.29) is 11.3 Å². The van der Waals surface area contributed by atoms with E-state index in [1.165, 1.54) is 4.88 Å². The minimum Gasteiger partial charge on any atom is -0.325 e. The van der Waals surface area contributed by atoms with E-state index >= 15 is 0 Å². The number of nitrogens with zero attached hydrogens (tertiary/aromatic N) is 4. The van der Waals surface area contributed by atoms with Crippen molar-refractivity contribution in [3.8, 4) is 11.3 Å². The van der Waals surface area contributed by atoms with Gasteiger partial charge in [0.25, 0.3) is 0 Å². The Morgan fingerprint density at radius 3 is 2.64 bits per heavy atom. The van der Waals surface area contributed by atoms with Crippen molar-refractivity contribution in [1.29, 1.82) is 0 Å². The maximum atomic E-state index is 13.2. The van der Waals surface area contributed by atoms with Crippen LogP contribution in [0.2, 0.25) is 0 Å². The molecule has 7 heteroatoms. The highest BCUT2D eigenvalue weighted by molar-refractivity contribution is 7.10. The first-order chi connectivity index (χ1) is 13.7. The second kappa shape index (κ2) is 6.83. The summed E-state index contributed by atoms with van der Waals surface area (Å²) in [6.45, 7) is 0. The molecule has 1 aliphatic rings. The Labute approximate surface area is 166 Å². The Morgan fingerprint density at radius 1 is 1.07 bits per heavy atom. The van der Waals surface area contributed by atoms with Crippen LogP contribution in [0.1, 0.15) is 30.6 Å². The van der Waals surface area contributed by atoms with Gasteiger partial charge in [-0.1, -0.05) is 31.0 Å². The summed E-state index contributed by atoms with van der Waals surface area (Å²) in [5, 5.41) is 17.5. The first kappa shape index (κ1) is 17.1. The molecule has 1 fully saturated rings. The molecular formula is C21H19N5OS. The molecule has 0 bridgehead atoms. The zero-order valence-corrected chi connectivity index (χ0v) is 16.0. The zero-order valence-electron chi connectivity index (χ0n) is 15.2. The van der Waals surface area contributed by atoms with Gasteiger partial charge in [-0.15, -0.1) is 21.5 Å². The van der Waals surface area contributed by atoms with Crippen LogP contribution in [0.15, 0.2) is 60.2 Å². The number of hydrogen-bond donors (Lipinski definition) is 1. The number of nitrogens with one attached hydrogen (secondary N) is 1. The maximum absolute atomic E-state index is 13.2. The maximum Gasteiger partial charge on any atom is 0.235 e. The highest BCUT2D eigenvalue weighted by atomic mass is 32.1. The minimum absolute atomic E-state index is 0.101. The van der Waals surface area contributed by atoms with Crippen molar-refractivity contribution in [3.05, 3.63) is 65.1 Å². The molecule has 0 saturated heterocycles. The normalized spacial score (nSPS) is 15.7. The van der Waals surface area contributed by atoms with E-state index in [0.717, 1.165) is 42.6 Å². The highest BCUT2D eigenvalue weighted by Crippen LogP contribution is 2.44. The molecule has 0 spiro atoms. The summed E-state index contributed by atoms with van der Waals surface area (Å²) in [4.78, 5) is 14.3. The summed E-state index contributed by atoms with van der Waals surface area (Å²) in [5.41, 5.74) is 2.94. The van der Waals surface area contributed by atoms with Gasteiger partial charge in [-0.05, 0) is 48.6 Å². The smallest absolute Gasteiger partial charge is 0.235 e. The van der Waals surface area contributed by atoms with E-state index in [1.807, 2.05) is 42.5 Å². The Balaban J connectivity index is 1.38. The summed E-state index contributed by atoms with van der Waals surface area (Å²) in [5.74, 6) is 0.101. The number of amides is 1. The van der Waals surface area contributed by atoms with Crippen molar-refractivity contribution in [2.24, 2.45) is 0 Å². The van der Waals surface area contributed by atoms with Crippen LogP contribution in [0, 0.1) is 0 Å². The van der Waals surface area contributed by atoms with E-state index in [0.29, 0.717) is 5.65 Å². The molecule has 0 atom stereocenters. The third-order valence-corrected chi connectivity index (χ3v) is 6.56. The predicted octanol–water partition coefficient (Wildman–Crippen LogP) is 4.30. The van der Waals surface area contributed by atoms with Gasteiger partial charge in [0.05, 0.1) is 11.1 Å². The van der Waals surface area contributed by atoms with Gasteiger partial charge in [0, 0.05) is 16.1 Å². The topological polar surface area (TPSA) is 72.2 Å². The first-order valence-corrected chi connectivity index (χ1v) is 10.3. The minimum atomic E-state index is -0.381. The molecule has 0 unspecified atom stereocenters. The Morgan fingerprint density at radius 2 is 1.89 bits per heavy atom. The molecule has 3 aromatic heterocycles. The van der Waals surface area contributed by atoms with Crippen molar-refractivity contribution in [1.82, 2.24) is 19.8 Å². The predicted molar refractivity (Wildman–Crippen MR) is 109 cm³/mol. The molecular weight excluding hydrogens is 370 g/mol. The fraction of sp³-hybridized carbons (Fsp3) is 0.238. The Hall–Kier alpha value is -3.06. The number of thiophene rings is 1. The van der Waals surface area contributed by atoms with Gasteiger partial charge < -0.3 is 5.32 Å². The summed E-state index contributed by atoms with van der Waals surface area (Å²) >= 11 is 1.68. The van der Waals surface area contributed by atoms with Crippen molar-refractivity contribution >= 4 is 28.6 Å². The summed E-state index contributed by atoms with van der Waals surface area (Å²) in [6.07, 6.45) is 5.61. The van der Waals surface area contributed by atoms with Crippen LogP contribution < -0.4 is 5.32 Å². The second-order valence-corrected chi connectivity index (χ2v) is 8.10. The fourth-order valence-corrected chi connectivity index (χ4v) is 4.96. The van der Waals surface area contributed by atoms with Crippen molar-refractivity contribution in [2.45, 2.75) is 31.1 Å². The molecule has 1 amide bonds. The highest BCUT2D eigenvalue weighted by Gasteiger charge is 2.43. The quantitative estimate of drug-likeness (QED) is 0.565. The van der Waals surface area contributed by atoms with Gasteiger partial charge in [0.1, 0.15) is 6.33 Å². The summed E-state index contributed by atoms with van der Waals surface area (Å²) in [6, 6.07) is 15.7. The molecule has 28 heavy (non-hydrogen) atoms. The van der Waals surface area contributed by atoms with Crippen molar-refractivity contribution in [2.75, 3.05) is 5.32 Å². The monoisotopic (exact) mass is 389 g/mol. The zero-order chi connectivity index (χ0) is 19.0. The molecule has 6 nitrogen and oxygen atoms in total. The van der Waals surface area contributed by atoms with Gasteiger partial charge in [-0.2, -0.15) is 9.61 Å². The molecule has 1 N–H and O–H groups in total. The number of carbonyl (C=O) groups is 1. The van der Waals surface area contributed by atoms with E-state index in [4.69, 9.17) is 0 Å². The van der Waals surface area contributed by atoms with Gasteiger partial charge in [-0.25, -0.2) is 0 Å². The second-order valence-electron chi connectivity index (χ2n) is 7.15. The number of rotatable bonds is 4. The van der Waals surface area contributed by atoms with Crippen LogP contribution in [0.3, 0.4) is 0 Å². The van der Waals surface area contributed by atoms with Crippen molar-refractivity contribution in [3.63, 3.8) is 0 Å². The van der Waals surface area contributed by atoms with Crippen molar-refractivity contribution < 1.29 is 4.79 Å². The largest absolute Gasteiger partial charge is 0.325 e. The van der Waals surface area contributed by atoms with Crippen LogP contribution in [0.5, 0.6) is 0 Å². The molecule has 3 heterocycles. The van der Waals surface area contributed by atoms with E-state index in [2.05, 4.69) is 32.1 Å². The van der Waals surface area contributed by atoms with E-state index in [1.54, 1.807) is 22.2 Å². The average Bonchev–Trinajstić information content (AvgIpc) is 3.49. The summed E-state index contributed by atoms with van der Waals surface area (Å²) < 4.78 is 1.65. The van der Waals surface area contributed by atoms with Gasteiger partial charge in [0.15, 0.2) is 5.65 Å². The van der Waals surface area contributed by atoms with Gasteiger partial charge >= 0.3 is 0 Å². The van der Waals surface area contributed by atoms with Crippen LogP contribution in [0.25, 0.3) is 16.9 Å². The molecule has 1 saturated carbocycles. The number of anilines is 1. The molecule has 0 radical (unpaired) electrons. The fourth-order valence-electron chi connectivity index (χ4n) is 3.97. The van der Waals surface area contributed by atoms with Crippen LogP contribution in [0.4, 0.5) is 5.69 Å². The molecule has 1 aliphatic carbocycles. The number of hydrogen-bond acceptors (Lipinski definition) is 5. The third-order valence-electron chi connectivity index (χ3n) is 5.48. The Bertz CT molecular complexity index is 1110. The third kappa shape index (κ3) is 2.88. The van der Waals surface area contributed by atoms with Gasteiger partial charge in [0.2, 0.25) is 5.91 Å². The van der Waals surface area contributed by atoms with Crippen LogP contribution in [-0.4, -0.2) is 25.7 Å². The Kier molecular flexibility index (Phi) is 4.16. The molecule has 1 aromatic carbocycles. The van der Waals surface area contributed by atoms with Gasteiger partial charge in [-0.3, -0.25) is 4.79 Å². The first-order valence-electron chi connectivity index (χ1n) is 9.38. The number of carbonyl (C=O) groups excluding carboxylic acids is 1. The van der Waals surface area contributed by atoms with Crippen LogP contribution in [-0.2, 0) is 10.2 Å². The molecule has 140 valence electrons.